The molecule has 0 bridgehead atoms. The van der Waals surface area contributed by atoms with Gasteiger partial charge in [-0.05, 0) is 37.3 Å². The second kappa shape index (κ2) is 4.94. The van der Waals surface area contributed by atoms with Gasteiger partial charge in [0.15, 0.2) is 0 Å². The Balaban J connectivity index is 1.70. The third-order valence-corrected chi connectivity index (χ3v) is 4.65. The molecule has 1 aliphatic carbocycles. The van der Waals surface area contributed by atoms with E-state index in [1.165, 1.54) is 4.90 Å². The Bertz CT molecular complexity index is 798. The third-order valence-electron chi connectivity index (χ3n) is 4.65. The van der Waals surface area contributed by atoms with Gasteiger partial charge in [0, 0.05) is 6.07 Å². The number of amides is 3. The smallest absolute Gasteiger partial charge is 0.325 e. The maximum absolute atomic E-state index is 13.1. The molecule has 1 aliphatic heterocycles. The van der Waals surface area contributed by atoms with E-state index in [4.69, 9.17) is 4.52 Å². The predicted octanol–water partition coefficient (Wildman–Crippen LogP) is 2.27. The van der Waals surface area contributed by atoms with E-state index in [2.05, 4.69) is 10.5 Å². The summed E-state index contributed by atoms with van der Waals surface area (Å²) in [7, 11) is 0. The molecule has 2 aromatic rings. The Morgan fingerprint density at radius 3 is 2.96 bits per heavy atom. The fourth-order valence-electron chi connectivity index (χ4n) is 3.61. The normalized spacial score (nSPS) is 23.3. The fourth-order valence-corrected chi connectivity index (χ4v) is 3.61. The minimum atomic E-state index is -0.926. The summed E-state index contributed by atoms with van der Waals surface area (Å²) in [5, 5.41) is 6.81. The molecule has 1 spiro atoms. The molecule has 2 heterocycles. The van der Waals surface area contributed by atoms with E-state index in [9.17, 15) is 9.59 Å². The third kappa shape index (κ3) is 2.05. The van der Waals surface area contributed by atoms with Gasteiger partial charge < -0.3 is 9.84 Å². The average molecular weight is 311 g/mol. The number of fused-ring (bicyclic) bond motifs is 2. The molecule has 1 aromatic carbocycles. The van der Waals surface area contributed by atoms with E-state index in [1.54, 1.807) is 13.0 Å². The number of hydrogen-bond donors (Lipinski definition) is 1. The molecule has 4 rings (SSSR count). The first-order chi connectivity index (χ1) is 11.1. The van der Waals surface area contributed by atoms with E-state index in [1.807, 2.05) is 24.3 Å². The van der Waals surface area contributed by atoms with Gasteiger partial charge in [0.05, 0.1) is 6.54 Å². The monoisotopic (exact) mass is 311 g/mol. The molecule has 1 aromatic heterocycles. The topological polar surface area (TPSA) is 75.4 Å². The van der Waals surface area contributed by atoms with Crippen LogP contribution in [0.25, 0.3) is 0 Å². The molecule has 6 heteroatoms. The van der Waals surface area contributed by atoms with Crippen molar-refractivity contribution in [2.75, 3.05) is 0 Å². The first-order valence-electron chi connectivity index (χ1n) is 7.75. The molecule has 3 amide bonds. The van der Waals surface area contributed by atoms with Crippen LogP contribution in [-0.2, 0) is 23.3 Å². The first kappa shape index (κ1) is 14.0. The zero-order valence-electron chi connectivity index (χ0n) is 12.8. The van der Waals surface area contributed by atoms with Crippen molar-refractivity contribution in [1.29, 1.82) is 0 Å². The van der Waals surface area contributed by atoms with Crippen molar-refractivity contribution in [1.82, 2.24) is 15.4 Å². The second-order valence-electron chi connectivity index (χ2n) is 6.17. The number of nitrogens with zero attached hydrogens (tertiary/aromatic N) is 2. The van der Waals surface area contributed by atoms with Crippen molar-refractivity contribution in [3.05, 3.63) is 52.9 Å². The SMILES string of the molecule is Cc1cc(CN2C(=O)N[C@@]3(CCCc4ccccc43)C2=O)no1. The van der Waals surface area contributed by atoms with Gasteiger partial charge in [-0.25, -0.2) is 4.79 Å². The number of imide groups is 1. The summed E-state index contributed by atoms with van der Waals surface area (Å²) in [6, 6.07) is 9.22. The minimum Gasteiger partial charge on any atom is -0.361 e. The van der Waals surface area contributed by atoms with Crippen LogP contribution in [0.1, 0.15) is 35.4 Å². The number of aromatic nitrogens is 1. The van der Waals surface area contributed by atoms with Crippen molar-refractivity contribution in [2.24, 2.45) is 0 Å². The highest BCUT2D eigenvalue weighted by molar-refractivity contribution is 6.07. The van der Waals surface area contributed by atoms with Crippen molar-refractivity contribution in [3.8, 4) is 0 Å². The van der Waals surface area contributed by atoms with Gasteiger partial charge in [-0.2, -0.15) is 0 Å². The highest BCUT2D eigenvalue weighted by Gasteiger charge is 2.53. The summed E-state index contributed by atoms with van der Waals surface area (Å²) in [5.41, 5.74) is 1.70. The molecule has 1 saturated heterocycles. The van der Waals surface area contributed by atoms with Gasteiger partial charge in [0.2, 0.25) is 0 Å². The number of hydrogen-bond acceptors (Lipinski definition) is 4. The van der Waals surface area contributed by atoms with Crippen LogP contribution in [0.2, 0.25) is 0 Å². The van der Waals surface area contributed by atoms with Gasteiger partial charge in [-0.15, -0.1) is 0 Å². The molecule has 23 heavy (non-hydrogen) atoms. The Morgan fingerprint density at radius 2 is 2.17 bits per heavy atom. The van der Waals surface area contributed by atoms with E-state index < -0.39 is 5.54 Å². The Hall–Kier alpha value is -2.63. The molecule has 0 saturated carbocycles. The number of aryl methyl sites for hydroxylation is 2. The molecule has 6 nitrogen and oxygen atoms in total. The van der Waals surface area contributed by atoms with Gasteiger partial charge in [-0.1, -0.05) is 29.4 Å². The van der Waals surface area contributed by atoms with Crippen LogP contribution in [0.15, 0.2) is 34.9 Å². The summed E-state index contributed by atoms with van der Waals surface area (Å²) in [6.45, 7) is 1.91. The zero-order valence-corrected chi connectivity index (χ0v) is 12.8. The van der Waals surface area contributed by atoms with Crippen molar-refractivity contribution in [3.63, 3.8) is 0 Å². The lowest BCUT2D eigenvalue weighted by molar-refractivity contribution is -0.132. The van der Waals surface area contributed by atoms with Gasteiger partial charge in [0.25, 0.3) is 5.91 Å². The zero-order chi connectivity index (χ0) is 16.0. The predicted molar refractivity (Wildman–Crippen MR) is 81.4 cm³/mol. The number of nitrogens with one attached hydrogen (secondary N) is 1. The molecule has 118 valence electrons. The van der Waals surface area contributed by atoms with Crippen LogP contribution < -0.4 is 5.32 Å². The molecular formula is C17H17N3O3. The van der Waals surface area contributed by atoms with Crippen molar-refractivity contribution < 1.29 is 14.1 Å². The number of carbonyl (C=O) groups excluding carboxylic acids is 2. The number of rotatable bonds is 2. The Kier molecular flexibility index (Phi) is 3.01. The minimum absolute atomic E-state index is 0.131. The lowest BCUT2D eigenvalue weighted by atomic mass is 9.76. The molecule has 0 unspecified atom stereocenters. The maximum Gasteiger partial charge on any atom is 0.325 e. The molecule has 1 N–H and O–H groups in total. The van der Waals surface area contributed by atoms with Crippen LogP contribution in [0.5, 0.6) is 0 Å². The summed E-state index contributed by atoms with van der Waals surface area (Å²) in [5.74, 6) is 0.458. The molecule has 0 radical (unpaired) electrons. The van der Waals surface area contributed by atoms with E-state index in [0.717, 1.165) is 24.0 Å². The molecular weight excluding hydrogens is 294 g/mol. The van der Waals surface area contributed by atoms with Crippen LogP contribution >= 0.6 is 0 Å². The van der Waals surface area contributed by atoms with Crippen LogP contribution in [0.3, 0.4) is 0 Å². The fraction of sp³-hybridized carbons (Fsp3) is 0.353. The molecule has 1 atom stereocenters. The average Bonchev–Trinajstić information content (AvgIpc) is 3.06. The largest absolute Gasteiger partial charge is 0.361 e. The van der Waals surface area contributed by atoms with Crippen molar-refractivity contribution >= 4 is 11.9 Å². The Morgan fingerprint density at radius 1 is 1.35 bits per heavy atom. The quantitative estimate of drug-likeness (QED) is 0.863. The summed E-state index contributed by atoms with van der Waals surface area (Å²) < 4.78 is 5.02. The molecule has 2 aliphatic rings. The lowest BCUT2D eigenvalue weighted by Crippen LogP contribution is -2.46. The van der Waals surface area contributed by atoms with Crippen molar-refractivity contribution in [2.45, 2.75) is 38.3 Å². The maximum atomic E-state index is 13.1. The number of carbonyl (C=O) groups is 2. The van der Waals surface area contributed by atoms with Crippen LogP contribution in [-0.4, -0.2) is 22.0 Å². The van der Waals surface area contributed by atoms with Gasteiger partial charge >= 0.3 is 6.03 Å². The number of urea groups is 1. The van der Waals surface area contributed by atoms with Gasteiger partial charge in [0.1, 0.15) is 17.0 Å². The standard InChI is InChI=1S/C17H17N3O3/c1-11-9-13(19-23-11)10-20-15(21)17(18-16(20)22)8-4-6-12-5-2-3-7-14(12)17/h2-3,5,7,9H,4,6,8,10H2,1H3,(H,18,22)/t17-/m1/s1. The molecule has 1 fully saturated rings. The highest BCUT2D eigenvalue weighted by atomic mass is 16.5. The van der Waals surface area contributed by atoms with E-state index in [-0.39, 0.29) is 18.5 Å². The van der Waals surface area contributed by atoms with Crippen LogP contribution in [0, 0.1) is 6.92 Å². The summed E-state index contributed by atoms with van der Waals surface area (Å²) >= 11 is 0. The highest BCUT2D eigenvalue weighted by Crippen LogP contribution is 2.40. The van der Waals surface area contributed by atoms with E-state index in [0.29, 0.717) is 17.9 Å². The Labute approximate surface area is 133 Å². The number of benzene rings is 1. The first-order valence-corrected chi connectivity index (χ1v) is 7.75. The summed E-state index contributed by atoms with van der Waals surface area (Å²) in [4.78, 5) is 26.7. The summed E-state index contributed by atoms with van der Waals surface area (Å²) in [6.07, 6.45) is 2.44. The van der Waals surface area contributed by atoms with Crippen LogP contribution in [0.4, 0.5) is 4.79 Å². The van der Waals surface area contributed by atoms with E-state index >= 15 is 0 Å². The second-order valence-corrected chi connectivity index (χ2v) is 6.17. The van der Waals surface area contributed by atoms with Gasteiger partial charge in [-0.3, -0.25) is 9.69 Å². The lowest BCUT2D eigenvalue weighted by Gasteiger charge is -2.33.